The molecule has 0 saturated heterocycles. The third-order valence-corrected chi connectivity index (χ3v) is 6.39. The van der Waals surface area contributed by atoms with E-state index in [4.69, 9.17) is 14.6 Å². The summed E-state index contributed by atoms with van der Waals surface area (Å²) < 4.78 is 14.1. The van der Waals surface area contributed by atoms with Crippen LogP contribution in [0.3, 0.4) is 0 Å². The van der Waals surface area contributed by atoms with Gasteiger partial charge in [0.2, 0.25) is 0 Å². The van der Waals surface area contributed by atoms with Gasteiger partial charge in [-0.05, 0) is 35.2 Å². The SMILES string of the molecule is COc1ccc(C2(OCCCn3cncc3CC(=O)O)c3ccccc3-c3ccccc32)cc1. The zero-order valence-corrected chi connectivity index (χ0v) is 19.0. The average Bonchev–Trinajstić information content (AvgIpc) is 3.42. The minimum Gasteiger partial charge on any atom is -0.497 e. The first-order valence-electron chi connectivity index (χ1n) is 11.3. The van der Waals surface area contributed by atoms with Gasteiger partial charge >= 0.3 is 5.97 Å². The largest absolute Gasteiger partial charge is 0.497 e. The number of nitrogens with zero attached hydrogens (tertiary/aromatic N) is 2. The van der Waals surface area contributed by atoms with Crippen molar-refractivity contribution in [2.45, 2.75) is 25.0 Å². The Bertz CT molecular complexity index is 1260. The molecule has 34 heavy (non-hydrogen) atoms. The molecule has 6 nitrogen and oxygen atoms in total. The summed E-state index contributed by atoms with van der Waals surface area (Å²) in [6.45, 7) is 1.12. The Morgan fingerprint density at radius 1 is 0.971 bits per heavy atom. The number of rotatable bonds is 9. The van der Waals surface area contributed by atoms with Crippen LogP contribution in [0.2, 0.25) is 0 Å². The van der Waals surface area contributed by atoms with Gasteiger partial charge in [-0.2, -0.15) is 0 Å². The predicted octanol–water partition coefficient (Wildman–Crippen LogP) is 4.90. The predicted molar refractivity (Wildman–Crippen MR) is 129 cm³/mol. The van der Waals surface area contributed by atoms with Crippen molar-refractivity contribution in [1.82, 2.24) is 9.55 Å². The van der Waals surface area contributed by atoms with Crippen LogP contribution in [0.25, 0.3) is 11.1 Å². The number of carboxylic acids is 1. The number of fused-ring (bicyclic) bond motifs is 3. The van der Waals surface area contributed by atoms with Gasteiger partial charge in [-0.25, -0.2) is 4.98 Å². The van der Waals surface area contributed by atoms with Crippen LogP contribution in [0.4, 0.5) is 0 Å². The van der Waals surface area contributed by atoms with Crippen molar-refractivity contribution in [2.75, 3.05) is 13.7 Å². The summed E-state index contributed by atoms with van der Waals surface area (Å²) in [5, 5.41) is 9.13. The lowest BCUT2D eigenvalue weighted by Gasteiger charge is -2.33. The minimum absolute atomic E-state index is 0.0443. The van der Waals surface area contributed by atoms with Crippen molar-refractivity contribution in [1.29, 1.82) is 0 Å². The molecule has 0 spiro atoms. The molecule has 0 saturated carbocycles. The van der Waals surface area contributed by atoms with Gasteiger partial charge in [-0.15, -0.1) is 0 Å². The standard InChI is InChI=1S/C28H26N2O4/c1-33-22-13-11-20(12-14-22)28(34-16-6-15-30-19-29-18-21(30)17-27(31)32)25-9-4-2-7-23(25)24-8-3-5-10-26(24)28/h2-5,7-14,18-19H,6,15-17H2,1H3,(H,31,32). The molecule has 0 aliphatic heterocycles. The van der Waals surface area contributed by atoms with Gasteiger partial charge in [0.15, 0.2) is 0 Å². The molecule has 0 atom stereocenters. The summed E-state index contributed by atoms with van der Waals surface area (Å²) in [6.07, 6.45) is 3.96. The van der Waals surface area contributed by atoms with Gasteiger partial charge in [0.05, 0.1) is 26.5 Å². The Morgan fingerprint density at radius 2 is 1.62 bits per heavy atom. The summed E-state index contributed by atoms with van der Waals surface area (Å²) in [4.78, 5) is 15.2. The molecule has 0 amide bonds. The summed E-state index contributed by atoms with van der Waals surface area (Å²) >= 11 is 0. The Kier molecular flexibility index (Phi) is 5.90. The number of carboxylic acid groups (broad SMARTS) is 1. The molecular formula is C28H26N2O4. The number of hydrogen-bond acceptors (Lipinski definition) is 4. The van der Waals surface area contributed by atoms with E-state index in [-0.39, 0.29) is 6.42 Å². The number of aryl methyl sites for hydroxylation is 1. The first kappa shape index (κ1) is 21.9. The maximum atomic E-state index is 11.1. The molecule has 3 aromatic carbocycles. The summed E-state index contributed by atoms with van der Waals surface area (Å²) in [6, 6.07) is 24.9. The quantitative estimate of drug-likeness (QED) is 0.364. The zero-order valence-electron chi connectivity index (χ0n) is 19.0. The average molecular weight is 455 g/mol. The highest BCUT2D eigenvalue weighted by Crippen LogP contribution is 2.53. The van der Waals surface area contributed by atoms with E-state index in [0.29, 0.717) is 25.3 Å². The maximum Gasteiger partial charge on any atom is 0.309 e. The Morgan fingerprint density at radius 3 is 2.24 bits per heavy atom. The van der Waals surface area contributed by atoms with Crippen LogP contribution in [0.5, 0.6) is 5.75 Å². The monoisotopic (exact) mass is 454 g/mol. The molecule has 1 N–H and O–H groups in total. The van der Waals surface area contributed by atoms with Crippen LogP contribution in [0.1, 0.15) is 28.8 Å². The number of methoxy groups -OCH3 is 1. The number of benzene rings is 3. The molecule has 172 valence electrons. The lowest BCUT2D eigenvalue weighted by Crippen LogP contribution is -2.31. The normalized spacial score (nSPS) is 13.3. The van der Waals surface area contributed by atoms with Crippen molar-refractivity contribution >= 4 is 5.97 Å². The maximum absolute atomic E-state index is 11.1. The minimum atomic E-state index is -0.865. The Balaban J connectivity index is 1.48. The molecule has 0 radical (unpaired) electrons. The van der Waals surface area contributed by atoms with E-state index >= 15 is 0 Å². The molecular weight excluding hydrogens is 428 g/mol. The van der Waals surface area contributed by atoms with Gasteiger partial charge in [0, 0.05) is 29.6 Å². The van der Waals surface area contributed by atoms with Crippen LogP contribution in [-0.2, 0) is 28.1 Å². The molecule has 0 bridgehead atoms. The van der Waals surface area contributed by atoms with E-state index in [9.17, 15) is 4.79 Å². The van der Waals surface area contributed by atoms with Crippen LogP contribution >= 0.6 is 0 Å². The summed E-state index contributed by atoms with van der Waals surface area (Å²) in [7, 11) is 1.66. The fraction of sp³-hybridized carbons (Fsp3) is 0.214. The highest BCUT2D eigenvalue weighted by molar-refractivity contribution is 5.82. The molecule has 5 rings (SSSR count). The molecule has 0 unspecified atom stereocenters. The molecule has 6 heteroatoms. The second-order valence-electron chi connectivity index (χ2n) is 8.35. The third-order valence-electron chi connectivity index (χ3n) is 6.39. The Hall–Kier alpha value is -3.90. The van der Waals surface area contributed by atoms with E-state index in [1.54, 1.807) is 19.6 Å². The topological polar surface area (TPSA) is 73.6 Å². The molecule has 1 heterocycles. The van der Waals surface area contributed by atoms with Crippen LogP contribution in [0, 0.1) is 0 Å². The van der Waals surface area contributed by atoms with E-state index < -0.39 is 11.6 Å². The molecule has 0 fully saturated rings. The lowest BCUT2D eigenvalue weighted by atomic mass is 9.84. The number of hydrogen-bond donors (Lipinski definition) is 1. The first-order chi connectivity index (χ1) is 16.6. The number of imidazole rings is 1. The number of aromatic nitrogens is 2. The first-order valence-corrected chi connectivity index (χ1v) is 11.3. The molecule has 1 aromatic heterocycles. The second kappa shape index (κ2) is 9.15. The smallest absolute Gasteiger partial charge is 0.309 e. The van der Waals surface area contributed by atoms with Crippen molar-refractivity contribution in [3.8, 4) is 16.9 Å². The Labute approximate surface area is 198 Å². The summed E-state index contributed by atoms with van der Waals surface area (Å²) in [5.41, 5.74) is 5.58. The van der Waals surface area contributed by atoms with Gasteiger partial charge in [-0.3, -0.25) is 4.79 Å². The van der Waals surface area contributed by atoms with Crippen molar-refractivity contribution in [2.24, 2.45) is 0 Å². The van der Waals surface area contributed by atoms with Gasteiger partial charge in [0.25, 0.3) is 0 Å². The van der Waals surface area contributed by atoms with E-state index in [1.165, 1.54) is 11.1 Å². The van der Waals surface area contributed by atoms with Crippen LogP contribution in [0.15, 0.2) is 85.3 Å². The fourth-order valence-corrected chi connectivity index (χ4v) is 4.88. The lowest BCUT2D eigenvalue weighted by molar-refractivity contribution is -0.136. The molecule has 1 aliphatic rings. The molecule has 4 aromatic rings. The second-order valence-corrected chi connectivity index (χ2v) is 8.35. The van der Waals surface area contributed by atoms with Crippen molar-refractivity contribution < 1.29 is 19.4 Å². The number of aliphatic carboxylic acids is 1. The van der Waals surface area contributed by atoms with E-state index in [1.807, 2.05) is 16.7 Å². The van der Waals surface area contributed by atoms with Gasteiger partial charge in [-0.1, -0.05) is 60.7 Å². The van der Waals surface area contributed by atoms with E-state index in [0.717, 1.165) is 22.4 Å². The zero-order chi connectivity index (χ0) is 23.5. The van der Waals surface area contributed by atoms with Crippen molar-refractivity contribution in [3.63, 3.8) is 0 Å². The van der Waals surface area contributed by atoms with Gasteiger partial charge < -0.3 is 19.1 Å². The van der Waals surface area contributed by atoms with Crippen LogP contribution < -0.4 is 4.74 Å². The fourth-order valence-electron chi connectivity index (χ4n) is 4.88. The highest BCUT2D eigenvalue weighted by atomic mass is 16.5. The van der Waals surface area contributed by atoms with Gasteiger partial charge in [0.1, 0.15) is 11.4 Å². The van der Waals surface area contributed by atoms with Crippen molar-refractivity contribution in [3.05, 3.63) is 108 Å². The van der Waals surface area contributed by atoms with Crippen LogP contribution in [-0.4, -0.2) is 34.3 Å². The number of carbonyl (C=O) groups is 1. The third kappa shape index (κ3) is 3.76. The summed E-state index contributed by atoms with van der Waals surface area (Å²) in [5.74, 6) is -0.0693. The highest BCUT2D eigenvalue weighted by Gasteiger charge is 2.45. The number of ether oxygens (including phenoxy) is 2. The molecule has 1 aliphatic carbocycles. The van der Waals surface area contributed by atoms with E-state index in [2.05, 4.69) is 65.6 Å².